The average Bonchev–Trinajstić information content (AvgIpc) is 2.77. The highest BCUT2D eigenvalue weighted by Crippen LogP contribution is 2.35. The van der Waals surface area contributed by atoms with Crippen LogP contribution in [0.4, 0.5) is 35.2 Å². The second-order valence-electron chi connectivity index (χ2n) is 7.56. The lowest BCUT2D eigenvalue weighted by atomic mass is 10.1. The van der Waals surface area contributed by atoms with Gasteiger partial charge in [-0.3, -0.25) is 9.88 Å². The number of amides is 2. The van der Waals surface area contributed by atoms with Crippen LogP contribution >= 0.6 is 0 Å². The number of pyridine rings is 2. The Bertz CT molecular complexity index is 1100. The maximum absolute atomic E-state index is 13.2. The summed E-state index contributed by atoms with van der Waals surface area (Å²) in [4.78, 5) is 25.3. The summed E-state index contributed by atoms with van der Waals surface area (Å²) < 4.78 is 39.6. The topological polar surface area (TPSA) is 61.4 Å². The van der Waals surface area contributed by atoms with E-state index in [0.29, 0.717) is 29.3 Å². The number of anilines is 3. The Balaban J connectivity index is 1.74. The number of fused-ring (bicyclic) bond motifs is 1. The molecule has 2 aromatic heterocycles. The minimum Gasteiger partial charge on any atom is -0.372 e. The van der Waals surface area contributed by atoms with Crippen molar-refractivity contribution >= 4 is 23.2 Å². The van der Waals surface area contributed by atoms with E-state index in [1.807, 2.05) is 11.9 Å². The molecule has 32 heavy (non-hydrogen) atoms. The number of aromatic nitrogens is 2. The fraction of sp³-hybridized carbons (Fsp3) is 0.261. The van der Waals surface area contributed by atoms with Crippen molar-refractivity contribution in [3.8, 4) is 11.3 Å². The maximum Gasteiger partial charge on any atom is 0.416 e. The number of hydrogen-bond acceptors (Lipinski definition) is 4. The molecule has 0 radical (unpaired) electrons. The van der Waals surface area contributed by atoms with Crippen LogP contribution in [0.3, 0.4) is 0 Å². The molecule has 1 aliphatic rings. The molecule has 0 bridgehead atoms. The number of nitrogens with zero attached hydrogens (tertiary/aromatic N) is 4. The van der Waals surface area contributed by atoms with E-state index in [2.05, 4.69) is 15.3 Å². The van der Waals surface area contributed by atoms with E-state index >= 15 is 0 Å². The standard InChI is InChI=1S/C23H22F3N5O/c1-30-13-2-3-14-31(22(32)28-18-9-11-27-12-10-18)21-20(30)8-7-19(29-21)16-5-4-6-17(15-16)23(24,25)26/h4-12,15H,2-3,13-14H2,1H3,(H,27,28,32). The van der Waals surface area contributed by atoms with Gasteiger partial charge in [-0.1, -0.05) is 12.1 Å². The number of urea groups is 1. The van der Waals surface area contributed by atoms with Gasteiger partial charge in [-0.25, -0.2) is 9.78 Å². The van der Waals surface area contributed by atoms with Crippen molar-refractivity contribution in [2.45, 2.75) is 19.0 Å². The monoisotopic (exact) mass is 441 g/mol. The van der Waals surface area contributed by atoms with Gasteiger partial charge >= 0.3 is 12.2 Å². The van der Waals surface area contributed by atoms with Crippen molar-refractivity contribution in [2.24, 2.45) is 0 Å². The normalized spacial score (nSPS) is 14.4. The van der Waals surface area contributed by atoms with Crippen LogP contribution in [0.2, 0.25) is 0 Å². The van der Waals surface area contributed by atoms with E-state index in [9.17, 15) is 18.0 Å². The third-order valence-corrected chi connectivity index (χ3v) is 5.31. The Labute approximate surface area is 183 Å². The Kier molecular flexibility index (Phi) is 5.98. The van der Waals surface area contributed by atoms with Crippen molar-refractivity contribution in [1.82, 2.24) is 9.97 Å². The summed E-state index contributed by atoms with van der Waals surface area (Å²) in [6, 6.07) is 11.5. The SMILES string of the molecule is CN1CCCCN(C(=O)Nc2ccncc2)c2nc(-c3cccc(C(F)(F)F)c3)ccc21. The Morgan fingerprint density at radius 2 is 1.78 bits per heavy atom. The van der Waals surface area contributed by atoms with Crippen LogP contribution in [-0.2, 0) is 6.18 Å². The first-order valence-electron chi connectivity index (χ1n) is 10.2. The van der Waals surface area contributed by atoms with Gasteiger partial charge in [0.2, 0.25) is 0 Å². The van der Waals surface area contributed by atoms with Crippen molar-refractivity contribution < 1.29 is 18.0 Å². The van der Waals surface area contributed by atoms with Crippen LogP contribution < -0.4 is 15.1 Å². The van der Waals surface area contributed by atoms with Gasteiger partial charge in [0.25, 0.3) is 0 Å². The zero-order valence-electron chi connectivity index (χ0n) is 17.4. The molecule has 0 atom stereocenters. The van der Waals surface area contributed by atoms with E-state index in [0.717, 1.165) is 37.2 Å². The van der Waals surface area contributed by atoms with Gasteiger partial charge in [0.05, 0.1) is 16.9 Å². The fourth-order valence-electron chi connectivity index (χ4n) is 3.62. The number of halogens is 3. The molecule has 0 saturated carbocycles. The van der Waals surface area contributed by atoms with E-state index in [1.54, 1.807) is 47.6 Å². The van der Waals surface area contributed by atoms with Crippen LogP contribution in [0.25, 0.3) is 11.3 Å². The lowest BCUT2D eigenvalue weighted by Crippen LogP contribution is -2.39. The zero-order valence-corrected chi connectivity index (χ0v) is 17.4. The highest BCUT2D eigenvalue weighted by Gasteiger charge is 2.31. The summed E-state index contributed by atoms with van der Waals surface area (Å²) in [6.07, 6.45) is 0.368. The van der Waals surface area contributed by atoms with Crippen LogP contribution in [0, 0.1) is 0 Å². The van der Waals surface area contributed by atoms with Gasteiger partial charge in [0.15, 0.2) is 5.82 Å². The number of benzene rings is 1. The summed E-state index contributed by atoms with van der Waals surface area (Å²) in [5.74, 6) is 0.411. The summed E-state index contributed by atoms with van der Waals surface area (Å²) in [5.41, 5.74) is 1.29. The molecule has 6 nitrogen and oxygen atoms in total. The van der Waals surface area contributed by atoms with E-state index in [-0.39, 0.29) is 6.03 Å². The Morgan fingerprint density at radius 3 is 2.53 bits per heavy atom. The molecule has 2 amide bonds. The summed E-state index contributed by atoms with van der Waals surface area (Å²) >= 11 is 0. The molecule has 3 aromatic rings. The smallest absolute Gasteiger partial charge is 0.372 e. The van der Waals surface area contributed by atoms with Crippen molar-refractivity contribution in [3.63, 3.8) is 0 Å². The summed E-state index contributed by atoms with van der Waals surface area (Å²) in [7, 11) is 1.91. The Hall–Kier alpha value is -3.62. The van der Waals surface area contributed by atoms with Gasteiger partial charge < -0.3 is 10.2 Å². The number of carbonyl (C=O) groups is 1. The van der Waals surface area contributed by atoms with Crippen LogP contribution in [0.1, 0.15) is 18.4 Å². The van der Waals surface area contributed by atoms with Gasteiger partial charge in [-0.15, -0.1) is 0 Å². The molecule has 9 heteroatoms. The summed E-state index contributed by atoms with van der Waals surface area (Å²) in [6.45, 7) is 1.23. The second-order valence-corrected chi connectivity index (χ2v) is 7.56. The largest absolute Gasteiger partial charge is 0.416 e. The molecule has 0 unspecified atom stereocenters. The third kappa shape index (κ3) is 4.66. The van der Waals surface area contributed by atoms with Crippen LogP contribution in [-0.4, -0.2) is 36.1 Å². The van der Waals surface area contributed by atoms with Gasteiger partial charge in [0.1, 0.15) is 0 Å². The molecule has 3 heterocycles. The van der Waals surface area contributed by atoms with E-state index < -0.39 is 11.7 Å². The van der Waals surface area contributed by atoms with Crippen LogP contribution in [0.5, 0.6) is 0 Å². The molecule has 0 fully saturated rings. The minimum absolute atomic E-state index is 0.335. The number of hydrogen-bond donors (Lipinski definition) is 1. The number of rotatable bonds is 2. The first-order valence-corrected chi connectivity index (χ1v) is 10.2. The molecule has 166 valence electrons. The molecule has 1 aromatic carbocycles. The fourth-order valence-corrected chi connectivity index (χ4v) is 3.62. The first-order chi connectivity index (χ1) is 15.3. The number of carbonyl (C=O) groups excluding carboxylic acids is 1. The van der Waals surface area contributed by atoms with E-state index in [1.165, 1.54) is 6.07 Å². The maximum atomic E-state index is 13.2. The van der Waals surface area contributed by atoms with Crippen molar-refractivity contribution in [1.29, 1.82) is 0 Å². The zero-order chi connectivity index (χ0) is 22.7. The molecular formula is C23H22F3N5O. The summed E-state index contributed by atoms with van der Waals surface area (Å²) in [5, 5.41) is 2.84. The second kappa shape index (κ2) is 8.86. The highest BCUT2D eigenvalue weighted by atomic mass is 19.4. The minimum atomic E-state index is -4.45. The van der Waals surface area contributed by atoms with Crippen molar-refractivity contribution in [2.75, 3.05) is 35.3 Å². The van der Waals surface area contributed by atoms with Gasteiger partial charge in [-0.05, 0) is 49.2 Å². The number of nitrogens with one attached hydrogen (secondary N) is 1. The Morgan fingerprint density at radius 1 is 1.03 bits per heavy atom. The predicted molar refractivity (Wildman–Crippen MR) is 118 cm³/mol. The number of alkyl halides is 3. The lowest BCUT2D eigenvalue weighted by molar-refractivity contribution is -0.137. The molecule has 0 saturated heterocycles. The van der Waals surface area contributed by atoms with Crippen LogP contribution in [0.15, 0.2) is 60.9 Å². The quantitative estimate of drug-likeness (QED) is 0.576. The molecule has 1 aliphatic heterocycles. The lowest BCUT2D eigenvalue weighted by Gasteiger charge is -2.31. The molecule has 1 N–H and O–H groups in total. The molecule has 4 rings (SSSR count). The van der Waals surface area contributed by atoms with Gasteiger partial charge in [0, 0.05) is 43.8 Å². The molecule has 0 aliphatic carbocycles. The first kappa shape index (κ1) is 21.6. The molecular weight excluding hydrogens is 419 g/mol. The highest BCUT2D eigenvalue weighted by molar-refractivity contribution is 6.03. The average molecular weight is 441 g/mol. The van der Waals surface area contributed by atoms with E-state index in [4.69, 9.17) is 0 Å². The predicted octanol–water partition coefficient (Wildman–Crippen LogP) is 5.43. The van der Waals surface area contributed by atoms with Crippen molar-refractivity contribution in [3.05, 3.63) is 66.5 Å². The third-order valence-electron chi connectivity index (χ3n) is 5.31. The van der Waals surface area contributed by atoms with Gasteiger partial charge in [-0.2, -0.15) is 13.2 Å². The molecule has 0 spiro atoms.